The second kappa shape index (κ2) is 9.98. The number of aromatic nitrogens is 5. The predicted octanol–water partition coefficient (Wildman–Crippen LogP) is 5.19. The second-order valence-corrected chi connectivity index (χ2v) is 15.8. The van der Waals surface area contributed by atoms with E-state index in [4.69, 9.17) is 32.7 Å². The zero-order valence-corrected chi connectivity index (χ0v) is 22.3. The minimum Gasteiger partial charge on any atom is -0.454 e. The van der Waals surface area contributed by atoms with E-state index in [1.165, 1.54) is 12.1 Å². The Labute approximate surface area is 212 Å². The highest BCUT2D eigenvalue weighted by atomic mass is 35.5. The second-order valence-electron chi connectivity index (χ2n) is 9.34. The SMILES string of the molecule is Cc1nn(COCC[Si](C)(C)C)c2ccc(Oc3c(Cl)cc(-c4n[nH]c(=O)[nH]c4=O)cc3Cl)cc12. The van der Waals surface area contributed by atoms with Crippen molar-refractivity contribution < 1.29 is 9.47 Å². The van der Waals surface area contributed by atoms with Gasteiger partial charge in [-0.05, 0) is 43.3 Å². The summed E-state index contributed by atoms with van der Waals surface area (Å²) in [7, 11) is -1.15. The molecule has 0 fully saturated rings. The number of hydrogen-bond donors (Lipinski definition) is 2. The molecule has 2 aromatic heterocycles. The van der Waals surface area contributed by atoms with Crippen LogP contribution in [-0.2, 0) is 11.5 Å². The zero-order valence-electron chi connectivity index (χ0n) is 19.7. The van der Waals surface area contributed by atoms with Crippen LogP contribution in [-0.4, -0.2) is 39.6 Å². The van der Waals surface area contributed by atoms with Gasteiger partial charge in [0.15, 0.2) is 11.4 Å². The Kier molecular flexibility index (Phi) is 7.18. The lowest BCUT2D eigenvalue weighted by Crippen LogP contribution is -2.25. The number of rotatable bonds is 8. The van der Waals surface area contributed by atoms with Crippen LogP contribution in [0, 0.1) is 6.92 Å². The van der Waals surface area contributed by atoms with Gasteiger partial charge in [-0.3, -0.25) is 9.78 Å². The van der Waals surface area contributed by atoms with Crippen molar-refractivity contribution >= 4 is 42.2 Å². The number of aromatic amines is 2. The number of nitrogens with one attached hydrogen (secondary N) is 2. The van der Waals surface area contributed by atoms with E-state index in [2.05, 4.69) is 39.9 Å². The molecule has 0 saturated carbocycles. The van der Waals surface area contributed by atoms with Gasteiger partial charge >= 0.3 is 5.69 Å². The minimum absolute atomic E-state index is 0.0172. The normalized spacial score (nSPS) is 11.8. The highest BCUT2D eigenvalue weighted by Crippen LogP contribution is 2.39. The topological polar surface area (TPSA) is 115 Å². The fourth-order valence-electron chi connectivity index (χ4n) is 3.47. The standard InChI is InChI=1S/C23H25Cl2N5O4Si/c1-13-16-11-15(5-6-19(16)30(29-13)12-33-7-8-35(2,3)4)34-21-17(24)9-14(10-18(21)25)20-22(31)26-23(32)28-27-20/h5-6,9-11H,7-8,12H2,1-4H3,(H2,26,28,31,32). The summed E-state index contributed by atoms with van der Waals surface area (Å²) in [4.78, 5) is 25.4. The number of fused-ring (bicyclic) bond motifs is 1. The first-order valence-electron chi connectivity index (χ1n) is 10.9. The van der Waals surface area contributed by atoms with Gasteiger partial charge in [0.1, 0.15) is 12.5 Å². The van der Waals surface area contributed by atoms with Gasteiger partial charge in [-0.1, -0.05) is 42.8 Å². The maximum atomic E-state index is 12.1. The smallest absolute Gasteiger partial charge is 0.342 e. The third-order valence-corrected chi connectivity index (χ3v) is 7.59. The largest absolute Gasteiger partial charge is 0.454 e. The molecular formula is C23H25Cl2N5O4Si. The van der Waals surface area contributed by atoms with Crippen LogP contribution in [0.5, 0.6) is 11.5 Å². The Morgan fingerprint density at radius 3 is 2.46 bits per heavy atom. The van der Waals surface area contributed by atoms with Gasteiger partial charge in [-0.15, -0.1) is 0 Å². The third kappa shape index (κ3) is 5.84. The Bertz CT molecular complexity index is 1480. The molecule has 0 unspecified atom stereocenters. The van der Waals surface area contributed by atoms with Gasteiger partial charge in [0.05, 0.1) is 21.3 Å². The molecule has 184 valence electrons. The van der Waals surface area contributed by atoms with Crippen LogP contribution in [0.4, 0.5) is 0 Å². The number of hydrogen-bond acceptors (Lipinski definition) is 6. The Morgan fingerprint density at radius 1 is 1.09 bits per heavy atom. The molecule has 4 rings (SSSR count). The fraction of sp³-hybridized carbons (Fsp3) is 0.304. The Morgan fingerprint density at radius 2 is 1.80 bits per heavy atom. The summed E-state index contributed by atoms with van der Waals surface area (Å²) < 4.78 is 13.7. The van der Waals surface area contributed by atoms with Crippen molar-refractivity contribution in [3.8, 4) is 22.8 Å². The van der Waals surface area contributed by atoms with Gasteiger partial charge in [0, 0.05) is 25.6 Å². The van der Waals surface area contributed by atoms with Crippen LogP contribution >= 0.6 is 23.2 Å². The molecule has 0 radical (unpaired) electrons. The summed E-state index contributed by atoms with van der Waals surface area (Å²) in [6, 6.07) is 9.67. The van der Waals surface area contributed by atoms with Crippen LogP contribution in [0.1, 0.15) is 5.69 Å². The maximum absolute atomic E-state index is 12.1. The van der Waals surface area contributed by atoms with Crippen molar-refractivity contribution in [3.05, 3.63) is 66.9 Å². The van der Waals surface area contributed by atoms with Crippen LogP contribution in [0.15, 0.2) is 39.9 Å². The minimum atomic E-state index is -1.15. The zero-order chi connectivity index (χ0) is 25.3. The van der Waals surface area contributed by atoms with Crippen LogP contribution in [0.2, 0.25) is 35.7 Å². The molecule has 0 spiro atoms. The highest BCUT2D eigenvalue weighted by molar-refractivity contribution is 6.76. The highest BCUT2D eigenvalue weighted by Gasteiger charge is 2.17. The predicted molar refractivity (Wildman–Crippen MR) is 140 cm³/mol. The lowest BCUT2D eigenvalue weighted by Gasteiger charge is -2.15. The van der Waals surface area contributed by atoms with Crippen molar-refractivity contribution in [3.63, 3.8) is 0 Å². The van der Waals surface area contributed by atoms with E-state index in [1.54, 1.807) is 6.07 Å². The molecule has 12 heteroatoms. The average molecular weight is 534 g/mol. The Hall–Kier alpha value is -2.92. The number of benzene rings is 2. The molecule has 2 N–H and O–H groups in total. The molecule has 9 nitrogen and oxygen atoms in total. The van der Waals surface area contributed by atoms with Gasteiger partial charge < -0.3 is 9.47 Å². The lowest BCUT2D eigenvalue weighted by atomic mass is 10.1. The monoisotopic (exact) mass is 533 g/mol. The molecule has 0 saturated heterocycles. The van der Waals surface area contributed by atoms with E-state index in [9.17, 15) is 9.59 Å². The van der Waals surface area contributed by atoms with Crippen molar-refractivity contribution in [1.29, 1.82) is 0 Å². The maximum Gasteiger partial charge on any atom is 0.342 e. The summed E-state index contributed by atoms with van der Waals surface area (Å²) in [6.07, 6.45) is 0. The van der Waals surface area contributed by atoms with Crippen LogP contribution in [0.3, 0.4) is 0 Å². The fourth-order valence-corrected chi connectivity index (χ4v) is 4.79. The third-order valence-electron chi connectivity index (χ3n) is 5.32. The van der Waals surface area contributed by atoms with Crippen LogP contribution in [0.25, 0.3) is 22.2 Å². The summed E-state index contributed by atoms with van der Waals surface area (Å²) >= 11 is 12.8. The van der Waals surface area contributed by atoms with Crippen molar-refractivity contribution in [2.24, 2.45) is 0 Å². The summed E-state index contributed by atoms with van der Waals surface area (Å²) in [5, 5.41) is 11.8. The average Bonchev–Trinajstić information content (AvgIpc) is 3.08. The molecule has 0 atom stereocenters. The molecule has 0 aliphatic carbocycles. The number of ether oxygens (including phenoxy) is 2. The van der Waals surface area contributed by atoms with Gasteiger partial charge in [0.25, 0.3) is 5.56 Å². The molecule has 0 aliphatic rings. The molecule has 35 heavy (non-hydrogen) atoms. The molecule has 0 aliphatic heterocycles. The Balaban J connectivity index is 1.56. The summed E-state index contributed by atoms with van der Waals surface area (Å²) in [5.41, 5.74) is 0.733. The molecule has 0 amide bonds. The van der Waals surface area contributed by atoms with E-state index < -0.39 is 19.3 Å². The number of aryl methyl sites for hydroxylation is 1. The first-order valence-corrected chi connectivity index (χ1v) is 15.4. The quantitative estimate of drug-likeness (QED) is 0.237. The van der Waals surface area contributed by atoms with E-state index in [1.807, 2.05) is 23.7 Å². The lowest BCUT2D eigenvalue weighted by molar-refractivity contribution is 0.0815. The molecule has 0 bridgehead atoms. The van der Waals surface area contributed by atoms with Crippen LogP contribution < -0.4 is 16.0 Å². The molecule has 4 aromatic rings. The van der Waals surface area contributed by atoms with Gasteiger partial charge in [0.2, 0.25) is 0 Å². The molecule has 2 aromatic carbocycles. The number of nitrogens with zero attached hydrogens (tertiary/aromatic N) is 3. The van der Waals surface area contributed by atoms with Crippen molar-refractivity contribution in [2.75, 3.05) is 6.61 Å². The number of H-pyrrole nitrogens is 2. The first-order chi connectivity index (χ1) is 16.5. The molecular weight excluding hydrogens is 509 g/mol. The van der Waals surface area contributed by atoms with Gasteiger partial charge in [-0.25, -0.2) is 14.6 Å². The summed E-state index contributed by atoms with van der Waals surface area (Å²) in [6.45, 7) is 9.97. The molecule has 2 heterocycles. The van der Waals surface area contributed by atoms with E-state index in [0.29, 0.717) is 24.7 Å². The van der Waals surface area contributed by atoms with Crippen molar-refractivity contribution in [1.82, 2.24) is 25.0 Å². The van der Waals surface area contributed by atoms with Crippen molar-refractivity contribution in [2.45, 2.75) is 39.3 Å². The van der Waals surface area contributed by atoms with E-state index in [-0.39, 0.29) is 21.5 Å². The summed E-state index contributed by atoms with van der Waals surface area (Å²) in [5.74, 6) is 0.758. The van der Waals surface area contributed by atoms with Gasteiger partial charge in [-0.2, -0.15) is 10.2 Å². The van der Waals surface area contributed by atoms with E-state index >= 15 is 0 Å². The number of halogens is 2. The first kappa shape index (κ1) is 25.2. The van der Waals surface area contributed by atoms with E-state index in [0.717, 1.165) is 22.6 Å².